The molecule has 320 valence electrons. The highest BCUT2D eigenvalue weighted by molar-refractivity contribution is 5.95. The minimum Gasteiger partial charge on any atom is -0.0654 e. The molecule has 0 bridgehead atoms. The van der Waals surface area contributed by atoms with Crippen LogP contribution in [-0.2, 0) is 43.9 Å². The average molecular weight is 809 g/mol. The third-order valence-corrected chi connectivity index (χ3v) is 13.5. The molecular formula is C61H76. The number of unbranched alkanes of at least 4 members (excludes halogenated alkanes) is 4. The Labute approximate surface area is 371 Å². The normalized spacial score (nSPS) is 13.1. The molecule has 0 aliphatic heterocycles. The first-order valence-corrected chi connectivity index (χ1v) is 24.6. The molecule has 0 heterocycles. The molecule has 6 aromatic rings. The van der Waals surface area contributed by atoms with Crippen molar-refractivity contribution in [3.63, 3.8) is 0 Å². The van der Waals surface area contributed by atoms with Crippen molar-refractivity contribution in [3.8, 4) is 22.3 Å². The van der Waals surface area contributed by atoms with Crippen molar-refractivity contribution >= 4 is 10.8 Å². The van der Waals surface area contributed by atoms with E-state index in [2.05, 4.69) is 166 Å². The second kappa shape index (κ2) is 19.7. The van der Waals surface area contributed by atoms with Crippen molar-refractivity contribution in [2.75, 3.05) is 0 Å². The van der Waals surface area contributed by atoms with Crippen LogP contribution in [0.15, 0.2) is 97.1 Å². The van der Waals surface area contributed by atoms with Gasteiger partial charge in [-0.25, -0.2) is 0 Å². The second-order valence-corrected chi connectivity index (χ2v) is 19.9. The SMILES string of the molecule is CCCCc1cc(CCCC)cc(C2(c3cc(CCCC)cc(CCCC)c3)c3cc(C)ccc3-c3ccc(-c4cc(CC(C)C)c5cc(C)cc(CC(C)C)c5c4)cc32)c1. The Balaban J connectivity index is 1.59. The number of rotatable bonds is 19. The fourth-order valence-electron chi connectivity index (χ4n) is 10.6. The summed E-state index contributed by atoms with van der Waals surface area (Å²) in [6, 6.07) is 40.6. The molecule has 0 heteroatoms. The Hall–Kier alpha value is -4.42. The van der Waals surface area contributed by atoms with Crippen LogP contribution in [0.4, 0.5) is 0 Å². The Kier molecular flexibility index (Phi) is 14.4. The smallest absolute Gasteiger partial charge is 0.0654 e. The van der Waals surface area contributed by atoms with Gasteiger partial charge in [0.2, 0.25) is 0 Å². The van der Waals surface area contributed by atoms with Gasteiger partial charge in [-0.15, -0.1) is 0 Å². The van der Waals surface area contributed by atoms with Gasteiger partial charge in [0.05, 0.1) is 5.41 Å². The zero-order chi connectivity index (χ0) is 43.3. The zero-order valence-corrected chi connectivity index (χ0v) is 39.8. The summed E-state index contributed by atoms with van der Waals surface area (Å²) in [6.07, 6.45) is 16.3. The predicted octanol–water partition coefficient (Wildman–Crippen LogP) is 17.3. The molecule has 1 aliphatic carbocycles. The van der Waals surface area contributed by atoms with Crippen LogP contribution in [0, 0.1) is 25.7 Å². The fraction of sp³-hybridized carbons (Fsp3) is 0.443. The molecule has 1 aliphatic rings. The molecule has 0 saturated heterocycles. The van der Waals surface area contributed by atoms with Gasteiger partial charge in [0.25, 0.3) is 0 Å². The first-order chi connectivity index (χ1) is 29.5. The molecule has 0 atom stereocenters. The van der Waals surface area contributed by atoms with Crippen LogP contribution in [0.1, 0.15) is 174 Å². The summed E-state index contributed by atoms with van der Waals surface area (Å²) in [7, 11) is 0. The molecule has 0 spiro atoms. The molecule has 0 radical (unpaired) electrons. The van der Waals surface area contributed by atoms with Crippen molar-refractivity contribution < 1.29 is 0 Å². The number of aryl methyl sites for hydroxylation is 6. The molecule has 7 rings (SSSR count). The maximum Gasteiger partial charge on any atom is 0.0714 e. The lowest BCUT2D eigenvalue weighted by atomic mass is 9.65. The van der Waals surface area contributed by atoms with Crippen LogP contribution >= 0.6 is 0 Å². The van der Waals surface area contributed by atoms with Crippen LogP contribution < -0.4 is 0 Å². The van der Waals surface area contributed by atoms with Crippen molar-refractivity contribution in [1.82, 2.24) is 0 Å². The van der Waals surface area contributed by atoms with E-state index in [1.54, 1.807) is 0 Å². The summed E-state index contributed by atoms with van der Waals surface area (Å²) >= 11 is 0. The van der Waals surface area contributed by atoms with Crippen LogP contribution in [0.5, 0.6) is 0 Å². The second-order valence-electron chi connectivity index (χ2n) is 19.9. The Morgan fingerprint density at radius 3 is 1.33 bits per heavy atom. The average Bonchev–Trinajstić information content (AvgIpc) is 3.52. The van der Waals surface area contributed by atoms with Gasteiger partial charge in [-0.2, -0.15) is 0 Å². The van der Waals surface area contributed by atoms with E-state index in [0.29, 0.717) is 11.8 Å². The van der Waals surface area contributed by atoms with E-state index in [9.17, 15) is 0 Å². The maximum absolute atomic E-state index is 2.65. The number of hydrogen-bond donors (Lipinski definition) is 0. The standard InChI is InChI=1S/C61H76/c1-11-15-19-45-32-46(20-16-12-2)35-53(34-45)61(54-36-47(21-17-13-3)33-48(37-54)22-18-14-4)59-31-43(9)23-25-55(59)56-26-24-49(40-60(56)61)50-38-52(28-42(7)8)57-30-44(10)29-51(27-41(5)6)58(57)39-50/h23-26,29-42H,11-22,27-28H2,1-10H3. The molecule has 0 nitrogen and oxygen atoms in total. The van der Waals surface area contributed by atoms with Gasteiger partial charge < -0.3 is 0 Å². The van der Waals surface area contributed by atoms with Gasteiger partial charge >= 0.3 is 0 Å². The third-order valence-electron chi connectivity index (χ3n) is 13.5. The lowest BCUT2D eigenvalue weighted by molar-refractivity contribution is 0.647. The molecule has 0 amide bonds. The highest BCUT2D eigenvalue weighted by Crippen LogP contribution is 2.58. The largest absolute Gasteiger partial charge is 0.0714 e. The number of benzene rings is 6. The quantitative estimate of drug-likeness (QED) is 0.0763. The van der Waals surface area contributed by atoms with Crippen molar-refractivity contribution in [2.45, 2.75) is 165 Å². The van der Waals surface area contributed by atoms with E-state index in [-0.39, 0.29) is 0 Å². The van der Waals surface area contributed by atoms with Gasteiger partial charge in [0.15, 0.2) is 0 Å². The molecule has 0 N–H and O–H groups in total. The summed E-state index contributed by atoms with van der Waals surface area (Å²) in [6.45, 7) is 23.4. The topological polar surface area (TPSA) is 0 Å². The van der Waals surface area contributed by atoms with Crippen LogP contribution in [0.25, 0.3) is 33.0 Å². The van der Waals surface area contributed by atoms with Gasteiger partial charge in [-0.3, -0.25) is 0 Å². The van der Waals surface area contributed by atoms with E-state index in [1.807, 2.05) is 0 Å². The fourth-order valence-corrected chi connectivity index (χ4v) is 10.6. The summed E-state index contributed by atoms with van der Waals surface area (Å²) in [5.74, 6) is 1.16. The van der Waals surface area contributed by atoms with Crippen molar-refractivity contribution in [2.24, 2.45) is 11.8 Å². The van der Waals surface area contributed by atoms with E-state index in [0.717, 1.165) is 38.5 Å². The zero-order valence-electron chi connectivity index (χ0n) is 39.8. The predicted molar refractivity (Wildman–Crippen MR) is 268 cm³/mol. The Morgan fingerprint density at radius 1 is 0.410 bits per heavy atom. The van der Waals surface area contributed by atoms with Gasteiger partial charge in [-0.1, -0.05) is 177 Å². The first-order valence-electron chi connectivity index (χ1n) is 24.6. The summed E-state index contributed by atoms with van der Waals surface area (Å²) in [4.78, 5) is 0. The molecule has 61 heavy (non-hydrogen) atoms. The molecule has 0 saturated carbocycles. The number of fused-ring (bicyclic) bond motifs is 4. The van der Waals surface area contributed by atoms with Gasteiger partial charge in [-0.05, 0) is 191 Å². The van der Waals surface area contributed by atoms with E-state index in [4.69, 9.17) is 0 Å². The summed E-state index contributed by atoms with van der Waals surface area (Å²) in [5.41, 5.74) is 22.5. The maximum atomic E-state index is 2.65. The Bertz CT molecular complexity index is 2330. The molecule has 0 aromatic heterocycles. The molecule has 6 aromatic carbocycles. The van der Waals surface area contributed by atoms with Crippen LogP contribution in [0.3, 0.4) is 0 Å². The molecular weight excluding hydrogens is 733 g/mol. The van der Waals surface area contributed by atoms with Crippen LogP contribution in [-0.4, -0.2) is 0 Å². The minimum atomic E-state index is -0.448. The monoisotopic (exact) mass is 809 g/mol. The lowest BCUT2D eigenvalue weighted by Gasteiger charge is -2.36. The van der Waals surface area contributed by atoms with Crippen molar-refractivity contribution in [3.05, 3.63) is 164 Å². The van der Waals surface area contributed by atoms with E-state index >= 15 is 0 Å². The molecule has 0 fully saturated rings. The van der Waals surface area contributed by atoms with Gasteiger partial charge in [0, 0.05) is 0 Å². The Morgan fingerprint density at radius 2 is 0.852 bits per heavy atom. The molecule has 0 unspecified atom stereocenters. The van der Waals surface area contributed by atoms with Gasteiger partial charge in [0.1, 0.15) is 0 Å². The number of hydrogen-bond acceptors (Lipinski definition) is 0. The summed E-state index contributed by atoms with van der Waals surface area (Å²) in [5, 5.41) is 2.88. The minimum absolute atomic E-state index is 0.448. The van der Waals surface area contributed by atoms with Crippen molar-refractivity contribution in [1.29, 1.82) is 0 Å². The van der Waals surface area contributed by atoms with E-state index < -0.39 is 5.41 Å². The highest BCUT2D eigenvalue weighted by atomic mass is 14.5. The van der Waals surface area contributed by atoms with Crippen LogP contribution in [0.2, 0.25) is 0 Å². The lowest BCUT2D eigenvalue weighted by Crippen LogP contribution is -2.29. The third kappa shape index (κ3) is 9.50. The first kappa shape index (κ1) is 44.6. The van der Waals surface area contributed by atoms with E-state index in [1.165, 1.54) is 151 Å². The summed E-state index contributed by atoms with van der Waals surface area (Å²) < 4.78 is 0. The highest BCUT2D eigenvalue weighted by Gasteiger charge is 2.47.